The number of hydrogen-bond acceptors (Lipinski definition) is 5. The molecule has 0 aromatic carbocycles. The number of piperazine rings is 1. The maximum Gasteiger partial charge on any atom is 0.417 e. The zero-order valence-corrected chi connectivity index (χ0v) is 17.0. The minimum Gasteiger partial charge on any atom is -0.354 e. The number of nitrogens with one attached hydrogen (secondary N) is 2. The normalized spacial score (nSPS) is 23.1. The number of anilines is 1. The predicted octanol–water partition coefficient (Wildman–Crippen LogP) is 2.63. The average Bonchev–Trinajstić information content (AvgIpc) is 2.69. The van der Waals surface area contributed by atoms with E-state index in [1.54, 1.807) is 0 Å². The Morgan fingerprint density at radius 3 is 2.43 bits per heavy atom. The van der Waals surface area contributed by atoms with E-state index in [0.29, 0.717) is 37.9 Å². The number of halogens is 3. The molecule has 0 spiro atoms. The van der Waals surface area contributed by atoms with Crippen LogP contribution in [0.1, 0.15) is 38.2 Å². The molecule has 1 aliphatic heterocycles. The smallest absolute Gasteiger partial charge is 0.354 e. The standard InChI is InChI=1S/C20H28F3N5O2/c1-14-4-2-3-5-16(14)25-19(30)26-18(29)13-27-8-10-28(11-9-27)17-7-6-15(12-24-17)20(21,22)23/h6-7,12,14,16H,2-5,8-11,13H2,1H3,(H2,25,26,29,30). The van der Waals surface area contributed by atoms with Crippen molar-refractivity contribution in [1.82, 2.24) is 20.5 Å². The van der Waals surface area contributed by atoms with E-state index in [9.17, 15) is 22.8 Å². The van der Waals surface area contributed by atoms with Crippen molar-refractivity contribution >= 4 is 17.8 Å². The lowest BCUT2D eigenvalue weighted by molar-refractivity contribution is -0.137. The van der Waals surface area contributed by atoms with Gasteiger partial charge in [0.1, 0.15) is 5.82 Å². The Hall–Kier alpha value is -2.36. The van der Waals surface area contributed by atoms with Gasteiger partial charge in [0.05, 0.1) is 12.1 Å². The number of rotatable bonds is 4. The second-order valence-electron chi connectivity index (χ2n) is 8.06. The molecule has 2 fully saturated rings. The van der Waals surface area contributed by atoms with Crippen molar-refractivity contribution < 1.29 is 22.8 Å². The SMILES string of the molecule is CC1CCCCC1NC(=O)NC(=O)CN1CCN(c2ccc(C(F)(F)F)cn2)CC1. The molecule has 0 bridgehead atoms. The molecule has 1 aromatic heterocycles. The zero-order chi connectivity index (χ0) is 21.7. The quantitative estimate of drug-likeness (QED) is 0.773. The van der Waals surface area contributed by atoms with Gasteiger partial charge in [0.25, 0.3) is 0 Å². The van der Waals surface area contributed by atoms with E-state index in [4.69, 9.17) is 0 Å². The number of nitrogens with zero attached hydrogens (tertiary/aromatic N) is 3. The van der Waals surface area contributed by atoms with Crippen LogP contribution in [0.4, 0.5) is 23.8 Å². The van der Waals surface area contributed by atoms with E-state index in [0.717, 1.165) is 31.5 Å². The Morgan fingerprint density at radius 1 is 1.13 bits per heavy atom. The summed E-state index contributed by atoms with van der Waals surface area (Å²) < 4.78 is 37.9. The van der Waals surface area contributed by atoms with Crippen LogP contribution in [-0.4, -0.2) is 60.6 Å². The third-order valence-electron chi connectivity index (χ3n) is 5.82. The third kappa shape index (κ3) is 6.07. The lowest BCUT2D eigenvalue weighted by Gasteiger charge is -2.35. The van der Waals surface area contributed by atoms with E-state index in [2.05, 4.69) is 22.5 Å². The van der Waals surface area contributed by atoms with Gasteiger partial charge in [-0.2, -0.15) is 13.2 Å². The van der Waals surface area contributed by atoms with E-state index in [-0.39, 0.29) is 18.5 Å². The molecule has 1 aromatic rings. The zero-order valence-electron chi connectivity index (χ0n) is 17.0. The van der Waals surface area contributed by atoms with Crippen molar-refractivity contribution in [3.05, 3.63) is 23.9 Å². The Morgan fingerprint density at radius 2 is 1.83 bits per heavy atom. The average molecular weight is 427 g/mol. The summed E-state index contributed by atoms with van der Waals surface area (Å²) in [6, 6.07) is 2.04. The summed E-state index contributed by atoms with van der Waals surface area (Å²) >= 11 is 0. The number of amides is 3. The van der Waals surface area contributed by atoms with E-state index >= 15 is 0 Å². The molecular formula is C20H28F3N5O2. The molecule has 0 radical (unpaired) electrons. The van der Waals surface area contributed by atoms with Crippen LogP contribution < -0.4 is 15.5 Å². The highest BCUT2D eigenvalue weighted by Crippen LogP contribution is 2.29. The molecule has 7 nitrogen and oxygen atoms in total. The van der Waals surface area contributed by atoms with Crippen molar-refractivity contribution in [2.24, 2.45) is 5.92 Å². The van der Waals surface area contributed by atoms with Gasteiger partial charge >= 0.3 is 12.2 Å². The molecule has 2 heterocycles. The number of imide groups is 1. The molecule has 2 N–H and O–H groups in total. The second kappa shape index (κ2) is 9.63. The van der Waals surface area contributed by atoms with Crippen LogP contribution in [0.5, 0.6) is 0 Å². The molecule has 2 atom stereocenters. The highest BCUT2D eigenvalue weighted by Gasteiger charge is 2.31. The monoisotopic (exact) mass is 427 g/mol. The summed E-state index contributed by atoms with van der Waals surface area (Å²) in [4.78, 5) is 32.0. The third-order valence-corrected chi connectivity index (χ3v) is 5.82. The molecule has 1 saturated carbocycles. The molecule has 2 aliphatic rings. The summed E-state index contributed by atoms with van der Waals surface area (Å²) in [5, 5.41) is 5.29. The van der Waals surface area contributed by atoms with Gasteiger partial charge in [-0.3, -0.25) is 15.0 Å². The Balaban J connectivity index is 1.40. The van der Waals surface area contributed by atoms with Crippen LogP contribution in [0.3, 0.4) is 0 Å². The summed E-state index contributed by atoms with van der Waals surface area (Å²) in [5.41, 5.74) is -0.776. The Labute approximate surface area is 174 Å². The molecule has 3 amide bonds. The predicted molar refractivity (Wildman–Crippen MR) is 106 cm³/mol. The van der Waals surface area contributed by atoms with Crippen LogP contribution in [0, 0.1) is 5.92 Å². The fourth-order valence-electron chi connectivity index (χ4n) is 3.98. The first-order valence-electron chi connectivity index (χ1n) is 10.3. The van der Waals surface area contributed by atoms with E-state index < -0.39 is 17.8 Å². The van der Waals surface area contributed by atoms with Crippen LogP contribution >= 0.6 is 0 Å². The van der Waals surface area contributed by atoms with E-state index in [1.165, 1.54) is 12.5 Å². The molecule has 3 rings (SSSR count). The lowest BCUT2D eigenvalue weighted by Crippen LogP contribution is -2.52. The lowest BCUT2D eigenvalue weighted by atomic mass is 9.86. The van der Waals surface area contributed by atoms with Crippen LogP contribution in [0.25, 0.3) is 0 Å². The Bertz CT molecular complexity index is 733. The fraction of sp³-hybridized carbons (Fsp3) is 0.650. The van der Waals surface area contributed by atoms with Gasteiger partial charge in [-0.1, -0.05) is 19.8 Å². The molecule has 10 heteroatoms. The van der Waals surface area contributed by atoms with Gasteiger partial charge in [0, 0.05) is 38.4 Å². The van der Waals surface area contributed by atoms with Gasteiger partial charge in [-0.05, 0) is 30.9 Å². The maximum absolute atomic E-state index is 12.6. The minimum absolute atomic E-state index is 0.0991. The van der Waals surface area contributed by atoms with Gasteiger partial charge in [0.15, 0.2) is 0 Å². The van der Waals surface area contributed by atoms with Crippen LogP contribution in [0.15, 0.2) is 18.3 Å². The van der Waals surface area contributed by atoms with Gasteiger partial charge in [-0.15, -0.1) is 0 Å². The van der Waals surface area contributed by atoms with Gasteiger partial charge in [-0.25, -0.2) is 9.78 Å². The number of pyridine rings is 1. The highest BCUT2D eigenvalue weighted by atomic mass is 19.4. The number of carbonyl (C=O) groups excluding carboxylic acids is 2. The van der Waals surface area contributed by atoms with Crippen molar-refractivity contribution in [1.29, 1.82) is 0 Å². The molecule has 2 unspecified atom stereocenters. The largest absolute Gasteiger partial charge is 0.417 e. The number of aromatic nitrogens is 1. The second-order valence-corrected chi connectivity index (χ2v) is 8.06. The Kier molecular flexibility index (Phi) is 7.17. The molecular weight excluding hydrogens is 399 g/mol. The number of urea groups is 1. The summed E-state index contributed by atoms with van der Waals surface area (Å²) in [5.74, 6) is 0.525. The topological polar surface area (TPSA) is 77.6 Å². The van der Waals surface area contributed by atoms with Crippen molar-refractivity contribution in [2.75, 3.05) is 37.6 Å². The minimum atomic E-state index is -4.40. The highest BCUT2D eigenvalue weighted by molar-refractivity contribution is 5.95. The van der Waals surface area contributed by atoms with Crippen molar-refractivity contribution in [3.63, 3.8) is 0 Å². The molecule has 30 heavy (non-hydrogen) atoms. The number of hydrogen-bond donors (Lipinski definition) is 2. The van der Waals surface area contributed by atoms with Gasteiger partial charge < -0.3 is 10.2 Å². The van der Waals surface area contributed by atoms with Crippen molar-refractivity contribution in [3.8, 4) is 0 Å². The summed E-state index contributed by atoms with van der Waals surface area (Å²) in [6.07, 6.45) is 0.703. The molecule has 166 valence electrons. The van der Waals surface area contributed by atoms with Crippen LogP contribution in [0.2, 0.25) is 0 Å². The summed E-state index contributed by atoms with van der Waals surface area (Å²) in [6.45, 7) is 4.39. The number of alkyl halides is 3. The first-order valence-corrected chi connectivity index (χ1v) is 10.3. The first kappa shape index (κ1) is 22.3. The van der Waals surface area contributed by atoms with Crippen LogP contribution in [-0.2, 0) is 11.0 Å². The summed E-state index contributed by atoms with van der Waals surface area (Å²) in [7, 11) is 0. The molecule has 1 aliphatic carbocycles. The van der Waals surface area contributed by atoms with Gasteiger partial charge in [0.2, 0.25) is 5.91 Å². The number of carbonyl (C=O) groups is 2. The maximum atomic E-state index is 12.6. The van der Waals surface area contributed by atoms with E-state index in [1.807, 2.05) is 9.80 Å². The van der Waals surface area contributed by atoms with Crippen molar-refractivity contribution in [2.45, 2.75) is 44.8 Å². The first-order chi connectivity index (χ1) is 14.2. The molecule has 1 saturated heterocycles. The fourth-order valence-corrected chi connectivity index (χ4v) is 3.98.